The zero-order valence-corrected chi connectivity index (χ0v) is 10.1. The van der Waals surface area contributed by atoms with E-state index < -0.39 is 12.2 Å². The molecular weight excluding hydrogens is 285 g/mol. The second-order valence-corrected chi connectivity index (χ2v) is 4.19. The minimum atomic E-state index is -1.10. The average Bonchev–Trinajstić information content (AvgIpc) is 2.21. The Balaban J connectivity index is 2.81. The Hall–Kier alpha value is -0.360. The van der Waals surface area contributed by atoms with Gasteiger partial charge in [0.05, 0.1) is 11.8 Å². The van der Waals surface area contributed by atoms with E-state index >= 15 is 0 Å². The largest absolute Gasteiger partial charge is 0.505 e. The first-order valence-corrected chi connectivity index (χ1v) is 5.83. The molecule has 1 aromatic rings. The van der Waals surface area contributed by atoms with Crippen molar-refractivity contribution in [3.8, 4) is 5.75 Å². The van der Waals surface area contributed by atoms with E-state index in [-0.39, 0.29) is 16.6 Å². The average molecular weight is 297 g/mol. The van der Waals surface area contributed by atoms with Crippen LogP contribution in [-0.2, 0) is 0 Å². The van der Waals surface area contributed by atoms with Gasteiger partial charge >= 0.3 is 0 Å². The van der Waals surface area contributed by atoms with Crippen LogP contribution in [0.4, 0.5) is 0 Å². The fourth-order valence-electron chi connectivity index (χ4n) is 1.07. The van der Waals surface area contributed by atoms with Crippen LogP contribution in [0.25, 0.3) is 0 Å². The van der Waals surface area contributed by atoms with Gasteiger partial charge in [0.1, 0.15) is 6.10 Å². The standard InChI is InChI=1S/C9H11BrClNO3/c10-4-3-6(13)8(15)5-1-2-7(14)9(11)12-5/h1-2,6,8,13-15H,3-4H2. The highest BCUT2D eigenvalue weighted by atomic mass is 79.9. The molecule has 2 atom stereocenters. The fraction of sp³-hybridized carbons (Fsp3) is 0.444. The monoisotopic (exact) mass is 295 g/mol. The third-order valence-corrected chi connectivity index (χ3v) is 2.66. The molecule has 0 aliphatic carbocycles. The molecule has 6 heteroatoms. The zero-order chi connectivity index (χ0) is 11.4. The SMILES string of the molecule is Oc1ccc(C(O)C(O)CCBr)nc1Cl. The lowest BCUT2D eigenvalue weighted by Crippen LogP contribution is -2.19. The minimum absolute atomic E-state index is 0.0856. The van der Waals surface area contributed by atoms with Crippen LogP contribution < -0.4 is 0 Å². The highest BCUT2D eigenvalue weighted by Crippen LogP contribution is 2.25. The van der Waals surface area contributed by atoms with Crippen LogP contribution in [0.15, 0.2) is 12.1 Å². The molecule has 0 saturated heterocycles. The summed E-state index contributed by atoms with van der Waals surface area (Å²) in [5, 5.41) is 28.8. The van der Waals surface area contributed by atoms with Crippen molar-refractivity contribution < 1.29 is 15.3 Å². The molecule has 0 spiro atoms. The summed E-state index contributed by atoms with van der Waals surface area (Å²) >= 11 is 8.74. The third-order valence-electron chi connectivity index (χ3n) is 1.92. The third kappa shape index (κ3) is 3.31. The molecule has 0 aliphatic rings. The first-order valence-electron chi connectivity index (χ1n) is 4.33. The van der Waals surface area contributed by atoms with Crippen molar-refractivity contribution in [1.29, 1.82) is 0 Å². The quantitative estimate of drug-likeness (QED) is 0.583. The summed E-state index contributed by atoms with van der Waals surface area (Å²) in [5.74, 6) is -0.150. The number of nitrogens with zero attached hydrogens (tertiary/aromatic N) is 1. The summed E-state index contributed by atoms with van der Waals surface area (Å²) in [6, 6.07) is 2.75. The molecule has 84 valence electrons. The lowest BCUT2D eigenvalue weighted by atomic mass is 10.1. The number of pyridine rings is 1. The molecule has 0 saturated carbocycles. The van der Waals surface area contributed by atoms with Gasteiger partial charge in [-0.1, -0.05) is 27.5 Å². The molecule has 4 nitrogen and oxygen atoms in total. The van der Waals surface area contributed by atoms with Crippen LogP contribution in [0.5, 0.6) is 5.75 Å². The molecule has 1 heterocycles. The molecule has 0 amide bonds. The van der Waals surface area contributed by atoms with E-state index in [1.54, 1.807) is 0 Å². The number of halogens is 2. The van der Waals surface area contributed by atoms with Gasteiger partial charge in [0.25, 0.3) is 0 Å². The Morgan fingerprint density at radius 2 is 2.07 bits per heavy atom. The number of aliphatic hydroxyl groups excluding tert-OH is 2. The van der Waals surface area contributed by atoms with Gasteiger partial charge in [-0.15, -0.1) is 0 Å². The smallest absolute Gasteiger partial charge is 0.171 e. The summed E-state index contributed by atoms with van der Waals surface area (Å²) in [4.78, 5) is 3.77. The molecule has 0 radical (unpaired) electrons. The summed E-state index contributed by atoms with van der Waals surface area (Å²) in [5.41, 5.74) is 0.242. The van der Waals surface area contributed by atoms with Gasteiger partial charge in [-0.3, -0.25) is 0 Å². The molecular formula is C9H11BrClNO3. The molecule has 1 aromatic heterocycles. The zero-order valence-electron chi connectivity index (χ0n) is 7.77. The Morgan fingerprint density at radius 1 is 1.40 bits per heavy atom. The van der Waals surface area contributed by atoms with Crippen molar-refractivity contribution in [2.45, 2.75) is 18.6 Å². The van der Waals surface area contributed by atoms with Crippen LogP contribution in [0.2, 0.25) is 5.15 Å². The highest BCUT2D eigenvalue weighted by Gasteiger charge is 2.19. The topological polar surface area (TPSA) is 73.6 Å². The van der Waals surface area contributed by atoms with Crippen molar-refractivity contribution in [3.05, 3.63) is 23.0 Å². The number of hydrogen-bond acceptors (Lipinski definition) is 4. The number of aliphatic hydroxyl groups is 2. The molecule has 0 aliphatic heterocycles. The molecule has 0 bridgehead atoms. The second-order valence-electron chi connectivity index (χ2n) is 3.04. The molecule has 0 aromatic carbocycles. The minimum Gasteiger partial charge on any atom is -0.505 e. The number of aromatic nitrogens is 1. The fourth-order valence-corrected chi connectivity index (χ4v) is 1.70. The number of hydrogen-bond donors (Lipinski definition) is 3. The van der Waals surface area contributed by atoms with Crippen molar-refractivity contribution in [2.75, 3.05) is 5.33 Å². The molecule has 1 rings (SSSR count). The lowest BCUT2D eigenvalue weighted by molar-refractivity contribution is 0.0148. The van der Waals surface area contributed by atoms with Crippen molar-refractivity contribution in [2.24, 2.45) is 0 Å². The predicted octanol–water partition coefficient (Wildman–Crippen LogP) is 1.62. The van der Waals surface area contributed by atoms with Crippen molar-refractivity contribution >= 4 is 27.5 Å². The Bertz CT molecular complexity index is 337. The Labute approximate surface area is 101 Å². The van der Waals surface area contributed by atoms with E-state index in [4.69, 9.17) is 16.7 Å². The number of rotatable bonds is 4. The summed E-state index contributed by atoms with van der Waals surface area (Å²) in [6.07, 6.45) is -1.60. The maximum Gasteiger partial charge on any atom is 0.171 e. The van der Waals surface area contributed by atoms with Gasteiger partial charge in [-0.05, 0) is 18.6 Å². The van der Waals surface area contributed by atoms with E-state index in [1.165, 1.54) is 12.1 Å². The van der Waals surface area contributed by atoms with E-state index in [1.807, 2.05) is 0 Å². The van der Waals surface area contributed by atoms with Crippen LogP contribution >= 0.6 is 27.5 Å². The maximum atomic E-state index is 9.66. The number of alkyl halides is 1. The van der Waals surface area contributed by atoms with Crippen LogP contribution in [0, 0.1) is 0 Å². The van der Waals surface area contributed by atoms with Crippen molar-refractivity contribution in [3.63, 3.8) is 0 Å². The highest BCUT2D eigenvalue weighted by molar-refractivity contribution is 9.09. The van der Waals surface area contributed by atoms with E-state index in [0.717, 1.165) is 0 Å². The molecule has 15 heavy (non-hydrogen) atoms. The molecule has 0 fully saturated rings. The van der Waals surface area contributed by atoms with Gasteiger partial charge < -0.3 is 15.3 Å². The van der Waals surface area contributed by atoms with E-state index in [2.05, 4.69) is 20.9 Å². The number of aromatic hydroxyl groups is 1. The normalized spacial score (nSPS) is 14.9. The first-order chi connectivity index (χ1) is 7.06. The van der Waals surface area contributed by atoms with Gasteiger partial charge in [0.15, 0.2) is 10.9 Å². The van der Waals surface area contributed by atoms with E-state index in [9.17, 15) is 10.2 Å². The Morgan fingerprint density at radius 3 is 2.60 bits per heavy atom. The summed E-state index contributed by atoms with van der Waals surface area (Å²) < 4.78 is 0. The van der Waals surface area contributed by atoms with Gasteiger partial charge in [-0.25, -0.2) is 4.98 Å². The summed E-state index contributed by atoms with van der Waals surface area (Å²) in [6.45, 7) is 0. The summed E-state index contributed by atoms with van der Waals surface area (Å²) in [7, 11) is 0. The van der Waals surface area contributed by atoms with Crippen LogP contribution in [-0.4, -0.2) is 31.7 Å². The van der Waals surface area contributed by atoms with Gasteiger partial charge in [0.2, 0.25) is 0 Å². The lowest BCUT2D eigenvalue weighted by Gasteiger charge is -2.16. The molecule has 2 unspecified atom stereocenters. The van der Waals surface area contributed by atoms with Crippen LogP contribution in [0.3, 0.4) is 0 Å². The first kappa shape index (κ1) is 12.7. The second kappa shape index (κ2) is 5.65. The Kier molecular flexibility index (Phi) is 4.79. The van der Waals surface area contributed by atoms with Crippen LogP contribution in [0.1, 0.15) is 18.2 Å². The predicted molar refractivity (Wildman–Crippen MR) is 60.3 cm³/mol. The van der Waals surface area contributed by atoms with E-state index in [0.29, 0.717) is 11.8 Å². The molecule has 3 N–H and O–H groups in total. The van der Waals surface area contributed by atoms with Gasteiger partial charge in [0, 0.05) is 5.33 Å². The van der Waals surface area contributed by atoms with Crippen molar-refractivity contribution in [1.82, 2.24) is 4.98 Å². The maximum absolute atomic E-state index is 9.66. The van der Waals surface area contributed by atoms with Gasteiger partial charge in [-0.2, -0.15) is 0 Å².